The van der Waals surface area contributed by atoms with E-state index in [4.69, 9.17) is 14.9 Å². The monoisotopic (exact) mass is 528 g/mol. The number of benzene rings is 2. The molecule has 2 N–H and O–H groups in total. The minimum absolute atomic E-state index is 0. The van der Waals surface area contributed by atoms with Crippen LogP contribution >= 0.6 is 0 Å². The third-order valence-corrected chi connectivity index (χ3v) is 3.87. The molecular weight excluding hydrogens is 502 g/mol. The SMILES string of the molecule is CC(=[OH+])/C=C(/C)O.[Ir].[c-]1ccccc1C1=NCCc2ccccc2CC1. The predicted molar refractivity (Wildman–Crippen MR) is 104 cm³/mol. The van der Waals surface area contributed by atoms with Gasteiger partial charge in [0.15, 0.2) is 0 Å². The molecule has 26 heavy (non-hydrogen) atoms. The molecule has 1 aliphatic heterocycles. The van der Waals surface area contributed by atoms with Gasteiger partial charge < -0.3 is 10.1 Å². The Morgan fingerprint density at radius 2 is 1.69 bits per heavy atom. The van der Waals surface area contributed by atoms with Crippen molar-refractivity contribution in [1.29, 1.82) is 0 Å². The second-order valence-corrected chi connectivity index (χ2v) is 6.05. The zero-order valence-corrected chi connectivity index (χ0v) is 17.6. The van der Waals surface area contributed by atoms with Crippen molar-refractivity contribution in [1.82, 2.24) is 0 Å². The fourth-order valence-electron chi connectivity index (χ4n) is 2.78. The molecule has 0 spiro atoms. The molecule has 2 aromatic carbocycles. The first-order valence-corrected chi connectivity index (χ1v) is 8.53. The summed E-state index contributed by atoms with van der Waals surface area (Å²) >= 11 is 0. The van der Waals surface area contributed by atoms with Gasteiger partial charge in [0.2, 0.25) is 0 Å². The minimum Gasteiger partial charge on any atom is -0.512 e. The van der Waals surface area contributed by atoms with Crippen LogP contribution < -0.4 is 0 Å². The first-order valence-electron chi connectivity index (χ1n) is 8.53. The summed E-state index contributed by atoms with van der Waals surface area (Å²) in [6.07, 6.45) is 4.42. The number of hydrogen-bond acceptors (Lipinski definition) is 2. The van der Waals surface area contributed by atoms with E-state index in [1.165, 1.54) is 36.8 Å². The molecule has 2 aromatic rings. The van der Waals surface area contributed by atoms with Gasteiger partial charge in [-0.2, -0.15) is 0 Å². The van der Waals surface area contributed by atoms with Crippen LogP contribution in [0.3, 0.4) is 0 Å². The fraction of sp³-hybridized carbons (Fsp3) is 0.273. The van der Waals surface area contributed by atoms with Crippen LogP contribution in [0.2, 0.25) is 0 Å². The molecule has 3 nitrogen and oxygen atoms in total. The molecule has 0 unspecified atom stereocenters. The minimum atomic E-state index is 0. The molecule has 0 saturated carbocycles. The third-order valence-electron chi connectivity index (χ3n) is 3.87. The average molecular weight is 528 g/mol. The molecule has 4 heteroatoms. The molecular formula is C22H25IrNO2. The zero-order chi connectivity index (χ0) is 18.1. The van der Waals surface area contributed by atoms with Crippen molar-refractivity contribution in [2.24, 2.45) is 4.99 Å². The second kappa shape index (κ2) is 11.6. The summed E-state index contributed by atoms with van der Waals surface area (Å²) in [6.45, 7) is 3.88. The molecule has 3 rings (SSSR count). The van der Waals surface area contributed by atoms with Crippen LogP contribution in [0.15, 0.2) is 65.4 Å². The Hall–Kier alpha value is -2.03. The standard InChI is InChI=1S/C17H16N.C5H8O2.Ir/c1-2-8-16(9-3-1)17-11-10-14-6-4-5-7-15(14)12-13-18-17;1-4(6)3-5(2)7;/h1-8H,10-13H2;3,6H,1-2H3;/q-1;;/p+1/b;4-3-;. The number of nitrogens with zero attached hydrogens (tertiary/aromatic N) is 1. The van der Waals surface area contributed by atoms with Crippen molar-refractivity contribution in [3.8, 4) is 0 Å². The van der Waals surface area contributed by atoms with E-state index >= 15 is 0 Å². The molecule has 139 valence electrons. The van der Waals surface area contributed by atoms with Crippen LogP contribution in [0.25, 0.3) is 0 Å². The summed E-state index contributed by atoms with van der Waals surface area (Å²) < 4.78 is 0. The molecule has 0 amide bonds. The number of allylic oxidation sites excluding steroid dienone is 2. The fourth-order valence-corrected chi connectivity index (χ4v) is 2.78. The van der Waals surface area contributed by atoms with Gasteiger partial charge in [-0.25, -0.2) is 0 Å². The maximum Gasteiger partial charge on any atom is 0.316 e. The number of aliphatic imine (C=N–C) groups is 1. The Balaban J connectivity index is 0.000000366. The molecule has 1 radical (unpaired) electrons. The molecule has 1 heterocycles. The topological polar surface area (TPSA) is 54.0 Å². The third kappa shape index (κ3) is 7.47. The van der Waals surface area contributed by atoms with Crippen LogP contribution in [0.4, 0.5) is 0 Å². The summed E-state index contributed by atoms with van der Waals surface area (Å²) in [4.78, 5) is 13.1. The number of rotatable bonds is 2. The van der Waals surface area contributed by atoms with Crippen molar-refractivity contribution >= 4 is 11.5 Å². The largest absolute Gasteiger partial charge is 0.512 e. The zero-order valence-electron chi connectivity index (χ0n) is 15.2. The molecule has 0 saturated heterocycles. The molecule has 0 aromatic heterocycles. The van der Waals surface area contributed by atoms with Gasteiger partial charge in [0.1, 0.15) is 0 Å². The number of aliphatic hydroxyl groups excluding tert-OH is 1. The van der Waals surface area contributed by atoms with E-state index < -0.39 is 0 Å². The normalized spacial score (nSPS) is 13.6. The van der Waals surface area contributed by atoms with E-state index in [2.05, 4.69) is 42.5 Å². The quantitative estimate of drug-likeness (QED) is 0.266. The number of fused-ring (bicyclic) bond motifs is 1. The van der Waals surface area contributed by atoms with Gasteiger partial charge in [0, 0.05) is 26.7 Å². The maximum atomic E-state index is 8.40. The molecule has 0 atom stereocenters. The van der Waals surface area contributed by atoms with Crippen LogP contribution in [-0.2, 0) is 32.9 Å². The van der Waals surface area contributed by atoms with Crippen molar-refractivity contribution in [3.05, 3.63) is 83.1 Å². The van der Waals surface area contributed by atoms with Crippen LogP contribution in [0, 0.1) is 6.07 Å². The van der Waals surface area contributed by atoms with Crippen LogP contribution in [-0.4, -0.2) is 27.9 Å². The van der Waals surface area contributed by atoms with Gasteiger partial charge in [-0.3, -0.25) is 4.79 Å². The maximum absolute atomic E-state index is 8.40. The number of aliphatic hydroxyl groups is 1. The Morgan fingerprint density at radius 3 is 2.23 bits per heavy atom. The number of aryl methyl sites for hydroxylation is 1. The Morgan fingerprint density at radius 1 is 1.04 bits per heavy atom. The van der Waals surface area contributed by atoms with Gasteiger partial charge >= 0.3 is 5.78 Å². The summed E-state index contributed by atoms with van der Waals surface area (Å²) in [6, 6.07) is 20.1. The van der Waals surface area contributed by atoms with Gasteiger partial charge in [-0.15, -0.1) is 35.9 Å². The number of hydrogen-bond donors (Lipinski definition) is 1. The summed E-state index contributed by atoms with van der Waals surface area (Å²) in [5.74, 6) is 0.250. The Bertz CT molecular complexity index is 763. The molecule has 0 aliphatic carbocycles. The number of ketones is 1. The van der Waals surface area contributed by atoms with E-state index in [1.54, 1.807) is 0 Å². The Labute approximate surface area is 169 Å². The molecule has 0 bridgehead atoms. The summed E-state index contributed by atoms with van der Waals surface area (Å²) in [7, 11) is 0. The van der Waals surface area contributed by atoms with Crippen molar-refractivity contribution in [3.63, 3.8) is 0 Å². The van der Waals surface area contributed by atoms with Gasteiger partial charge in [-0.05, 0) is 43.0 Å². The van der Waals surface area contributed by atoms with Gasteiger partial charge in [-0.1, -0.05) is 24.3 Å². The smallest absolute Gasteiger partial charge is 0.316 e. The summed E-state index contributed by atoms with van der Waals surface area (Å²) in [5, 5.41) is 8.40. The van der Waals surface area contributed by atoms with Crippen molar-refractivity contribution in [2.45, 2.75) is 33.1 Å². The van der Waals surface area contributed by atoms with Crippen LogP contribution in [0.5, 0.6) is 0 Å². The first kappa shape index (κ1) is 22.0. The average Bonchev–Trinajstić information content (AvgIpc) is 2.56. The summed E-state index contributed by atoms with van der Waals surface area (Å²) in [5.41, 5.74) is 5.28. The van der Waals surface area contributed by atoms with Crippen LogP contribution in [0.1, 0.15) is 37.0 Å². The van der Waals surface area contributed by atoms with Crippen molar-refractivity contribution in [2.75, 3.05) is 6.54 Å². The van der Waals surface area contributed by atoms with E-state index in [0.717, 1.165) is 31.4 Å². The Kier molecular flexibility index (Phi) is 9.79. The first-order chi connectivity index (χ1) is 12.1. The van der Waals surface area contributed by atoms with E-state index in [0.29, 0.717) is 0 Å². The van der Waals surface area contributed by atoms with Crippen molar-refractivity contribution < 1.29 is 30.0 Å². The van der Waals surface area contributed by atoms with Gasteiger partial charge in [0.25, 0.3) is 0 Å². The number of carbonyl (C=O) groups excluding carboxylic acids is 1. The van der Waals surface area contributed by atoms with E-state index in [1.807, 2.05) is 12.1 Å². The molecule has 1 aliphatic rings. The molecule has 0 fully saturated rings. The predicted octanol–water partition coefficient (Wildman–Crippen LogP) is 4.48. The van der Waals surface area contributed by atoms with E-state index in [9.17, 15) is 0 Å². The second-order valence-electron chi connectivity index (χ2n) is 6.05. The van der Waals surface area contributed by atoms with E-state index in [-0.39, 0.29) is 31.6 Å². The van der Waals surface area contributed by atoms with Gasteiger partial charge in [0.05, 0.1) is 18.8 Å².